The molecule has 144 valence electrons. The maximum atomic E-state index is 13.9. The minimum atomic E-state index is -1.36. The van der Waals surface area contributed by atoms with E-state index in [4.69, 9.17) is 4.52 Å². The highest BCUT2D eigenvalue weighted by atomic mass is 31.0. The van der Waals surface area contributed by atoms with Crippen LogP contribution in [0.15, 0.2) is 12.2 Å². The summed E-state index contributed by atoms with van der Waals surface area (Å²) >= 11 is 0. The molecule has 0 spiro atoms. The zero-order chi connectivity index (χ0) is 18.7. The van der Waals surface area contributed by atoms with E-state index in [1.807, 2.05) is 6.92 Å². The smallest absolute Gasteiger partial charge is 0.166 e. The van der Waals surface area contributed by atoms with Crippen molar-refractivity contribution in [2.24, 2.45) is 11.8 Å². The van der Waals surface area contributed by atoms with Crippen LogP contribution in [0.3, 0.4) is 0 Å². The van der Waals surface area contributed by atoms with E-state index in [1.54, 1.807) is 0 Å². The number of hydrogen-bond donors (Lipinski definition) is 0. The van der Waals surface area contributed by atoms with Gasteiger partial charge in [-0.1, -0.05) is 51.7 Å². The third-order valence-corrected chi connectivity index (χ3v) is 5.50. The van der Waals surface area contributed by atoms with Gasteiger partial charge in [-0.3, -0.25) is 9.59 Å². The highest BCUT2D eigenvalue weighted by Gasteiger charge is 2.41. The average Bonchev–Trinajstić information content (AvgIpc) is 2.92. The molecular weight excluding hydrogens is 338 g/mol. The van der Waals surface area contributed by atoms with Gasteiger partial charge in [0, 0.05) is 28.2 Å². The summed E-state index contributed by atoms with van der Waals surface area (Å²) in [6, 6.07) is 0. The topological polar surface area (TPSA) is 43.4 Å². The quantitative estimate of drug-likeness (QED) is 0.248. The Bertz CT molecular complexity index is 439. The predicted octanol–water partition coefficient (Wildman–Crippen LogP) is 5.38. The van der Waals surface area contributed by atoms with E-state index in [0.29, 0.717) is 25.7 Å². The molecule has 1 aliphatic rings. The number of unbranched alkanes of at least 4 members (excludes halogenated alkanes) is 3. The van der Waals surface area contributed by atoms with Crippen LogP contribution in [0.25, 0.3) is 0 Å². The normalized spacial score (nSPS) is 25.0. The van der Waals surface area contributed by atoms with E-state index in [2.05, 4.69) is 28.5 Å². The fourth-order valence-electron chi connectivity index (χ4n) is 3.53. The number of rotatable bonds is 13. The predicted molar refractivity (Wildman–Crippen MR) is 103 cm³/mol. The molecule has 0 amide bonds. The highest BCUT2D eigenvalue weighted by molar-refractivity contribution is 7.09. The van der Waals surface area contributed by atoms with Crippen LogP contribution < -0.4 is 0 Å². The molecule has 0 saturated heterocycles. The summed E-state index contributed by atoms with van der Waals surface area (Å²) in [5.74, 6) is -0.228. The first-order valence-electron chi connectivity index (χ1n) is 9.75. The van der Waals surface area contributed by atoms with Gasteiger partial charge >= 0.3 is 0 Å². The molecule has 1 rings (SSSR count). The van der Waals surface area contributed by atoms with Crippen molar-refractivity contribution < 1.29 is 18.5 Å². The molecule has 1 saturated carbocycles. The molecule has 1 fully saturated rings. The van der Waals surface area contributed by atoms with Crippen molar-refractivity contribution >= 4 is 21.0 Å². The van der Waals surface area contributed by atoms with E-state index in [9.17, 15) is 14.0 Å². The molecule has 0 heterocycles. The van der Waals surface area contributed by atoms with E-state index >= 15 is 0 Å². The third-order valence-electron chi connectivity index (χ3n) is 5.15. The largest absolute Gasteiger partial charge is 0.362 e. The summed E-state index contributed by atoms with van der Waals surface area (Å²) in [5.41, 5.74) is 0. The summed E-state index contributed by atoms with van der Waals surface area (Å²) in [7, 11) is 2.24. The summed E-state index contributed by atoms with van der Waals surface area (Å²) in [6.07, 6.45) is 9.77. The van der Waals surface area contributed by atoms with Crippen molar-refractivity contribution in [1.29, 1.82) is 0 Å². The summed E-state index contributed by atoms with van der Waals surface area (Å²) in [6.45, 7) is 4.14. The zero-order valence-electron chi connectivity index (χ0n) is 15.7. The van der Waals surface area contributed by atoms with Crippen LogP contribution in [-0.4, -0.2) is 23.8 Å². The van der Waals surface area contributed by atoms with Gasteiger partial charge in [0.25, 0.3) is 0 Å². The Labute approximate surface area is 154 Å². The molecule has 0 bridgehead atoms. The Hall–Kier alpha value is -0.600. The fraction of sp³-hybridized carbons (Fsp3) is 0.800. The molecule has 0 aromatic rings. The minimum absolute atomic E-state index is 0.00292. The maximum Gasteiger partial charge on any atom is 0.166 e. The number of hydrogen-bond acceptors (Lipinski definition) is 3. The van der Waals surface area contributed by atoms with Crippen molar-refractivity contribution in [3.8, 4) is 0 Å². The van der Waals surface area contributed by atoms with Crippen LogP contribution in [0.5, 0.6) is 0 Å². The molecule has 1 aliphatic carbocycles. The molecule has 5 atom stereocenters. The summed E-state index contributed by atoms with van der Waals surface area (Å²) in [5, 5.41) is 0. The standard InChI is InChI=1S/C20H34FO3P/c1-3-5-7-8-9-10-15-16(20(24-25)14-19(15)23)12-13-18(22)17(21)11-6-4-2/h8-9,15-17,20H,3-7,10-14,25H2,1-2H3/b9-8-. The Kier molecular flexibility index (Phi) is 11.4. The molecule has 5 heteroatoms. The van der Waals surface area contributed by atoms with Gasteiger partial charge in [-0.25, -0.2) is 4.39 Å². The van der Waals surface area contributed by atoms with E-state index in [0.717, 1.165) is 32.1 Å². The van der Waals surface area contributed by atoms with Crippen molar-refractivity contribution in [3.05, 3.63) is 12.2 Å². The molecule has 0 N–H and O–H groups in total. The number of alkyl halides is 1. The highest BCUT2D eigenvalue weighted by Crippen LogP contribution is 2.38. The summed E-state index contributed by atoms with van der Waals surface area (Å²) in [4.78, 5) is 24.3. The van der Waals surface area contributed by atoms with Crippen LogP contribution >= 0.6 is 9.47 Å². The first-order chi connectivity index (χ1) is 12.0. The monoisotopic (exact) mass is 372 g/mol. The second-order valence-corrected chi connectivity index (χ2v) is 7.35. The number of carbonyl (C=O) groups excluding carboxylic acids is 2. The zero-order valence-corrected chi connectivity index (χ0v) is 16.9. The molecule has 0 aliphatic heterocycles. The Balaban J connectivity index is 2.56. The second-order valence-electron chi connectivity index (χ2n) is 7.08. The Morgan fingerprint density at radius 3 is 2.68 bits per heavy atom. The first kappa shape index (κ1) is 22.4. The van der Waals surface area contributed by atoms with Gasteiger partial charge in [-0.05, 0) is 31.6 Å². The van der Waals surface area contributed by atoms with Gasteiger partial charge in [0.1, 0.15) is 5.78 Å². The van der Waals surface area contributed by atoms with E-state index < -0.39 is 6.17 Å². The third kappa shape index (κ3) is 7.66. The number of ketones is 2. The molecule has 0 radical (unpaired) electrons. The van der Waals surface area contributed by atoms with E-state index in [-0.39, 0.29) is 35.9 Å². The van der Waals surface area contributed by atoms with Crippen molar-refractivity contribution in [2.45, 2.75) is 90.3 Å². The lowest BCUT2D eigenvalue weighted by Gasteiger charge is -2.22. The van der Waals surface area contributed by atoms with Crippen LogP contribution in [-0.2, 0) is 14.1 Å². The Morgan fingerprint density at radius 1 is 1.32 bits per heavy atom. The van der Waals surface area contributed by atoms with Crippen LogP contribution in [0, 0.1) is 11.8 Å². The second kappa shape index (κ2) is 12.7. The average molecular weight is 372 g/mol. The Morgan fingerprint density at radius 2 is 2.04 bits per heavy atom. The molecule has 0 aromatic heterocycles. The van der Waals surface area contributed by atoms with Crippen LogP contribution in [0.2, 0.25) is 0 Å². The molecule has 3 nitrogen and oxygen atoms in total. The van der Waals surface area contributed by atoms with Crippen LogP contribution in [0.1, 0.15) is 78.1 Å². The summed E-state index contributed by atoms with van der Waals surface area (Å²) < 4.78 is 19.3. The SMILES string of the molecule is CCCC/C=C\CC1C(=O)CC(OP)C1CCC(=O)C(F)CCCC. The molecule has 25 heavy (non-hydrogen) atoms. The van der Waals surface area contributed by atoms with Crippen molar-refractivity contribution in [2.75, 3.05) is 0 Å². The van der Waals surface area contributed by atoms with Crippen molar-refractivity contribution in [3.63, 3.8) is 0 Å². The van der Waals surface area contributed by atoms with Gasteiger partial charge in [-0.15, -0.1) is 0 Å². The van der Waals surface area contributed by atoms with Gasteiger partial charge < -0.3 is 4.52 Å². The molecule has 0 aromatic carbocycles. The molecule has 5 unspecified atom stereocenters. The fourth-order valence-corrected chi connectivity index (χ4v) is 3.83. The van der Waals surface area contributed by atoms with Crippen LogP contribution in [0.4, 0.5) is 4.39 Å². The number of Topliss-reactive ketones (excluding diaryl/α,β-unsaturated/α-hetero) is 2. The number of halogens is 1. The van der Waals surface area contributed by atoms with Gasteiger partial charge in [-0.2, -0.15) is 0 Å². The lowest BCUT2D eigenvalue weighted by Crippen LogP contribution is -2.24. The van der Waals surface area contributed by atoms with Gasteiger partial charge in [0.2, 0.25) is 0 Å². The first-order valence-corrected chi connectivity index (χ1v) is 10.2. The van der Waals surface area contributed by atoms with Crippen molar-refractivity contribution in [1.82, 2.24) is 0 Å². The maximum absolute atomic E-state index is 13.9. The molecular formula is C20H34FO3P. The lowest BCUT2D eigenvalue weighted by atomic mass is 9.86. The number of allylic oxidation sites excluding steroid dienone is 2. The van der Waals surface area contributed by atoms with Gasteiger partial charge in [0.05, 0.1) is 6.10 Å². The van der Waals surface area contributed by atoms with E-state index in [1.165, 1.54) is 0 Å². The lowest BCUT2D eigenvalue weighted by molar-refractivity contribution is -0.125. The minimum Gasteiger partial charge on any atom is -0.362 e. The van der Waals surface area contributed by atoms with Gasteiger partial charge in [0.15, 0.2) is 12.0 Å². The number of carbonyl (C=O) groups is 2.